The van der Waals surface area contributed by atoms with Crippen molar-refractivity contribution in [1.29, 1.82) is 0 Å². The first-order valence-corrected chi connectivity index (χ1v) is 4.36. The summed E-state index contributed by atoms with van der Waals surface area (Å²) in [6.45, 7) is 1.79. The lowest BCUT2D eigenvalue weighted by molar-refractivity contribution is 0.196. The van der Waals surface area contributed by atoms with Crippen LogP contribution in [0.5, 0.6) is 0 Å². The number of aromatic nitrogens is 2. The zero-order valence-electron chi connectivity index (χ0n) is 7.49. The van der Waals surface area contributed by atoms with Crippen LogP contribution in [0.1, 0.15) is 12.5 Å². The average molecular weight is 176 g/mol. The van der Waals surface area contributed by atoms with Gasteiger partial charge in [0, 0.05) is 24.2 Å². The van der Waals surface area contributed by atoms with Crippen molar-refractivity contribution in [3.05, 3.63) is 30.1 Å². The van der Waals surface area contributed by atoms with E-state index in [2.05, 4.69) is 9.97 Å². The molecule has 2 aromatic rings. The fourth-order valence-corrected chi connectivity index (χ4v) is 1.50. The number of pyridine rings is 1. The average Bonchev–Trinajstić information content (AvgIpc) is 2.48. The first-order valence-electron chi connectivity index (χ1n) is 4.36. The van der Waals surface area contributed by atoms with Crippen LogP contribution in [0.25, 0.3) is 11.0 Å². The number of rotatable bonds is 2. The largest absolute Gasteiger partial charge is 0.393 e. The summed E-state index contributed by atoms with van der Waals surface area (Å²) in [4.78, 5) is 7.24. The predicted octanol–water partition coefficient (Wildman–Crippen LogP) is 1.49. The van der Waals surface area contributed by atoms with Crippen LogP contribution in [-0.4, -0.2) is 21.2 Å². The van der Waals surface area contributed by atoms with Gasteiger partial charge in [-0.1, -0.05) is 0 Å². The standard InChI is InChI=1S/C10H12N2O/c1-7(13)5-8-6-12-10-9(8)3-2-4-11-10/h2-4,6-7,13H,5H2,1H3,(H,11,12)/t7-/m0/s1. The highest BCUT2D eigenvalue weighted by Gasteiger charge is 2.05. The topological polar surface area (TPSA) is 48.9 Å². The highest BCUT2D eigenvalue weighted by Crippen LogP contribution is 2.16. The number of nitrogens with one attached hydrogen (secondary N) is 1. The molecule has 68 valence electrons. The van der Waals surface area contributed by atoms with Gasteiger partial charge in [-0.3, -0.25) is 0 Å². The molecule has 2 heterocycles. The van der Waals surface area contributed by atoms with E-state index in [1.54, 1.807) is 13.1 Å². The summed E-state index contributed by atoms with van der Waals surface area (Å²) >= 11 is 0. The zero-order chi connectivity index (χ0) is 9.26. The number of aromatic amines is 1. The van der Waals surface area contributed by atoms with E-state index in [-0.39, 0.29) is 6.10 Å². The highest BCUT2D eigenvalue weighted by atomic mass is 16.3. The molecule has 0 saturated heterocycles. The summed E-state index contributed by atoms with van der Waals surface area (Å²) in [7, 11) is 0. The number of aliphatic hydroxyl groups excluding tert-OH is 1. The van der Waals surface area contributed by atoms with Gasteiger partial charge in [0.2, 0.25) is 0 Å². The van der Waals surface area contributed by atoms with Crippen molar-refractivity contribution < 1.29 is 5.11 Å². The summed E-state index contributed by atoms with van der Waals surface area (Å²) < 4.78 is 0. The first kappa shape index (κ1) is 8.26. The van der Waals surface area contributed by atoms with Gasteiger partial charge in [0.05, 0.1) is 6.10 Å². The van der Waals surface area contributed by atoms with Crippen LogP contribution >= 0.6 is 0 Å². The lowest BCUT2D eigenvalue weighted by atomic mass is 10.1. The van der Waals surface area contributed by atoms with Crippen LogP contribution in [0.15, 0.2) is 24.5 Å². The molecule has 0 unspecified atom stereocenters. The van der Waals surface area contributed by atoms with Crippen molar-refractivity contribution >= 4 is 11.0 Å². The number of aliphatic hydroxyl groups is 1. The number of nitrogens with zero attached hydrogens (tertiary/aromatic N) is 1. The van der Waals surface area contributed by atoms with Crippen LogP contribution in [0.3, 0.4) is 0 Å². The molecule has 0 aliphatic rings. The molecule has 2 rings (SSSR count). The number of fused-ring (bicyclic) bond motifs is 1. The second-order valence-electron chi connectivity index (χ2n) is 3.27. The summed E-state index contributed by atoms with van der Waals surface area (Å²) in [6.07, 6.45) is 4.03. The molecule has 0 aliphatic carbocycles. The quantitative estimate of drug-likeness (QED) is 0.728. The fraction of sp³-hybridized carbons (Fsp3) is 0.300. The van der Waals surface area contributed by atoms with Crippen molar-refractivity contribution in [3.8, 4) is 0 Å². The molecule has 0 saturated carbocycles. The van der Waals surface area contributed by atoms with E-state index in [1.807, 2.05) is 18.3 Å². The lowest BCUT2D eigenvalue weighted by Crippen LogP contribution is -2.03. The van der Waals surface area contributed by atoms with Crippen LogP contribution in [0.2, 0.25) is 0 Å². The molecule has 3 heteroatoms. The maximum absolute atomic E-state index is 9.25. The van der Waals surface area contributed by atoms with Gasteiger partial charge in [-0.05, 0) is 24.6 Å². The van der Waals surface area contributed by atoms with Gasteiger partial charge in [0.25, 0.3) is 0 Å². The van der Waals surface area contributed by atoms with E-state index in [4.69, 9.17) is 0 Å². The monoisotopic (exact) mass is 176 g/mol. The van der Waals surface area contributed by atoms with Gasteiger partial charge in [0.1, 0.15) is 5.65 Å². The summed E-state index contributed by atoms with van der Waals surface area (Å²) in [5.74, 6) is 0. The normalized spacial score (nSPS) is 13.4. The Labute approximate surface area is 76.4 Å². The third-order valence-corrected chi connectivity index (χ3v) is 2.05. The van der Waals surface area contributed by atoms with E-state index in [0.29, 0.717) is 6.42 Å². The van der Waals surface area contributed by atoms with E-state index in [0.717, 1.165) is 16.6 Å². The number of hydrogen-bond acceptors (Lipinski definition) is 2. The molecule has 0 aliphatic heterocycles. The SMILES string of the molecule is C[C@H](O)Cc1c[nH]c2ncccc12. The van der Waals surface area contributed by atoms with Crippen molar-refractivity contribution in [2.24, 2.45) is 0 Å². The molecular formula is C10H12N2O. The number of H-pyrrole nitrogens is 1. The van der Waals surface area contributed by atoms with Crippen molar-refractivity contribution in [1.82, 2.24) is 9.97 Å². The molecule has 2 aromatic heterocycles. The molecule has 0 amide bonds. The second kappa shape index (κ2) is 3.18. The van der Waals surface area contributed by atoms with Gasteiger partial charge in [-0.2, -0.15) is 0 Å². The molecular weight excluding hydrogens is 164 g/mol. The lowest BCUT2D eigenvalue weighted by Gasteiger charge is -2.01. The molecule has 2 N–H and O–H groups in total. The maximum Gasteiger partial charge on any atom is 0.137 e. The van der Waals surface area contributed by atoms with E-state index < -0.39 is 0 Å². The van der Waals surface area contributed by atoms with Crippen LogP contribution < -0.4 is 0 Å². The number of hydrogen-bond donors (Lipinski definition) is 2. The van der Waals surface area contributed by atoms with Crippen molar-refractivity contribution in [3.63, 3.8) is 0 Å². The van der Waals surface area contributed by atoms with E-state index >= 15 is 0 Å². The third-order valence-electron chi connectivity index (χ3n) is 2.05. The Kier molecular flexibility index (Phi) is 2.02. The third kappa shape index (κ3) is 1.55. The van der Waals surface area contributed by atoms with E-state index in [9.17, 15) is 5.11 Å². The van der Waals surface area contributed by atoms with Crippen LogP contribution in [0, 0.1) is 0 Å². The molecule has 0 aromatic carbocycles. The van der Waals surface area contributed by atoms with Gasteiger partial charge in [-0.25, -0.2) is 4.98 Å². The predicted molar refractivity (Wildman–Crippen MR) is 51.5 cm³/mol. The smallest absolute Gasteiger partial charge is 0.137 e. The Morgan fingerprint density at radius 2 is 2.46 bits per heavy atom. The van der Waals surface area contributed by atoms with Gasteiger partial charge in [0.15, 0.2) is 0 Å². The highest BCUT2D eigenvalue weighted by molar-refractivity contribution is 5.79. The van der Waals surface area contributed by atoms with Crippen LogP contribution in [-0.2, 0) is 6.42 Å². The van der Waals surface area contributed by atoms with Gasteiger partial charge >= 0.3 is 0 Å². The summed E-state index contributed by atoms with van der Waals surface area (Å²) in [6, 6.07) is 3.91. The Balaban J connectivity index is 2.46. The Morgan fingerprint density at radius 1 is 1.62 bits per heavy atom. The fourth-order valence-electron chi connectivity index (χ4n) is 1.50. The second-order valence-corrected chi connectivity index (χ2v) is 3.27. The molecule has 0 spiro atoms. The molecule has 3 nitrogen and oxygen atoms in total. The first-order chi connectivity index (χ1) is 6.27. The Hall–Kier alpha value is -1.35. The zero-order valence-corrected chi connectivity index (χ0v) is 7.49. The van der Waals surface area contributed by atoms with Gasteiger partial charge < -0.3 is 10.1 Å². The molecule has 13 heavy (non-hydrogen) atoms. The van der Waals surface area contributed by atoms with Crippen molar-refractivity contribution in [2.45, 2.75) is 19.4 Å². The van der Waals surface area contributed by atoms with Crippen molar-refractivity contribution in [2.75, 3.05) is 0 Å². The minimum Gasteiger partial charge on any atom is -0.393 e. The maximum atomic E-state index is 9.25. The minimum atomic E-state index is -0.306. The molecule has 0 bridgehead atoms. The Bertz CT molecular complexity index is 406. The molecule has 1 atom stereocenters. The van der Waals surface area contributed by atoms with Gasteiger partial charge in [-0.15, -0.1) is 0 Å². The van der Waals surface area contributed by atoms with Crippen LogP contribution in [0.4, 0.5) is 0 Å². The summed E-state index contributed by atoms with van der Waals surface area (Å²) in [5.41, 5.74) is 2.01. The minimum absolute atomic E-state index is 0.306. The Morgan fingerprint density at radius 3 is 3.23 bits per heavy atom. The molecule has 0 radical (unpaired) electrons. The molecule has 0 fully saturated rings. The van der Waals surface area contributed by atoms with E-state index in [1.165, 1.54) is 0 Å². The summed E-state index contributed by atoms with van der Waals surface area (Å²) in [5, 5.41) is 10.3.